The van der Waals surface area contributed by atoms with Gasteiger partial charge in [-0.25, -0.2) is 0 Å². The van der Waals surface area contributed by atoms with Crippen molar-refractivity contribution in [3.8, 4) is 0 Å². The Hall–Kier alpha value is -2.29. The van der Waals surface area contributed by atoms with Crippen LogP contribution in [0.15, 0.2) is 48.5 Å². The highest BCUT2D eigenvalue weighted by molar-refractivity contribution is 5.93. The van der Waals surface area contributed by atoms with Crippen LogP contribution in [0.1, 0.15) is 34.5 Å². The minimum atomic E-state index is -0.411. The molecule has 0 aromatic heterocycles. The molecule has 3 heteroatoms. The lowest BCUT2D eigenvalue weighted by Gasteiger charge is -2.16. The van der Waals surface area contributed by atoms with E-state index in [1.807, 2.05) is 12.1 Å². The number of hydrogen-bond acceptors (Lipinski definition) is 2. The number of primary amides is 1. The van der Waals surface area contributed by atoms with Crippen molar-refractivity contribution in [1.29, 1.82) is 0 Å². The summed E-state index contributed by atoms with van der Waals surface area (Å²) in [6, 6.07) is 15.8. The van der Waals surface area contributed by atoms with Crippen molar-refractivity contribution >= 4 is 11.6 Å². The van der Waals surface area contributed by atoms with Gasteiger partial charge < -0.3 is 11.1 Å². The van der Waals surface area contributed by atoms with E-state index in [9.17, 15) is 4.79 Å². The van der Waals surface area contributed by atoms with Gasteiger partial charge in [-0.05, 0) is 37.6 Å². The van der Waals surface area contributed by atoms with Gasteiger partial charge in [0.15, 0.2) is 0 Å². The zero-order valence-electron chi connectivity index (χ0n) is 11.2. The van der Waals surface area contributed by atoms with Gasteiger partial charge in [0.2, 0.25) is 5.91 Å². The van der Waals surface area contributed by atoms with Crippen LogP contribution in [-0.4, -0.2) is 5.91 Å². The first-order valence-electron chi connectivity index (χ1n) is 6.29. The summed E-state index contributed by atoms with van der Waals surface area (Å²) < 4.78 is 0. The average Bonchev–Trinajstić information content (AvgIpc) is 2.39. The van der Waals surface area contributed by atoms with E-state index in [4.69, 9.17) is 5.73 Å². The molecule has 2 aromatic carbocycles. The molecule has 0 spiro atoms. The Morgan fingerprint density at radius 2 is 1.84 bits per heavy atom. The molecule has 0 heterocycles. The van der Waals surface area contributed by atoms with Crippen LogP contribution in [0.2, 0.25) is 0 Å². The number of benzene rings is 2. The number of carbonyl (C=O) groups is 1. The Morgan fingerprint density at radius 1 is 1.16 bits per heavy atom. The summed E-state index contributed by atoms with van der Waals surface area (Å²) in [6.07, 6.45) is 0. The molecule has 0 saturated heterocycles. The second kappa shape index (κ2) is 5.57. The predicted molar refractivity (Wildman–Crippen MR) is 78.2 cm³/mol. The lowest BCUT2D eigenvalue weighted by atomic mass is 10.1. The van der Waals surface area contributed by atoms with Crippen molar-refractivity contribution in [2.24, 2.45) is 5.73 Å². The molecular weight excluding hydrogens is 236 g/mol. The van der Waals surface area contributed by atoms with Gasteiger partial charge in [-0.3, -0.25) is 4.79 Å². The molecule has 2 rings (SSSR count). The van der Waals surface area contributed by atoms with Crippen molar-refractivity contribution in [3.05, 3.63) is 65.2 Å². The van der Waals surface area contributed by atoms with Gasteiger partial charge in [-0.2, -0.15) is 0 Å². The molecule has 0 bridgehead atoms. The molecule has 3 nitrogen and oxygen atoms in total. The fourth-order valence-corrected chi connectivity index (χ4v) is 1.95. The summed E-state index contributed by atoms with van der Waals surface area (Å²) >= 11 is 0. The van der Waals surface area contributed by atoms with Crippen molar-refractivity contribution in [1.82, 2.24) is 0 Å². The number of amides is 1. The van der Waals surface area contributed by atoms with E-state index in [2.05, 4.69) is 43.4 Å². The molecule has 1 atom stereocenters. The van der Waals surface area contributed by atoms with Gasteiger partial charge in [0.25, 0.3) is 0 Å². The highest BCUT2D eigenvalue weighted by Gasteiger charge is 2.06. The lowest BCUT2D eigenvalue weighted by molar-refractivity contribution is 0.100. The SMILES string of the molecule is Cc1ccc(C(C)Nc2cccc(C(N)=O)c2)cc1. The maximum Gasteiger partial charge on any atom is 0.248 e. The molecule has 1 unspecified atom stereocenters. The van der Waals surface area contributed by atoms with E-state index in [0.29, 0.717) is 5.56 Å². The molecule has 0 radical (unpaired) electrons. The summed E-state index contributed by atoms with van der Waals surface area (Å²) in [5.41, 5.74) is 9.13. The van der Waals surface area contributed by atoms with Gasteiger partial charge >= 0.3 is 0 Å². The second-order valence-corrected chi connectivity index (χ2v) is 4.72. The monoisotopic (exact) mass is 254 g/mol. The zero-order chi connectivity index (χ0) is 13.8. The third-order valence-electron chi connectivity index (χ3n) is 3.11. The smallest absolute Gasteiger partial charge is 0.248 e. The number of anilines is 1. The first-order chi connectivity index (χ1) is 9.06. The van der Waals surface area contributed by atoms with E-state index >= 15 is 0 Å². The van der Waals surface area contributed by atoms with E-state index in [1.54, 1.807) is 12.1 Å². The zero-order valence-corrected chi connectivity index (χ0v) is 11.2. The number of carbonyl (C=O) groups excluding carboxylic acids is 1. The molecule has 0 saturated carbocycles. The average molecular weight is 254 g/mol. The van der Waals surface area contributed by atoms with Crippen LogP contribution in [0, 0.1) is 6.92 Å². The third kappa shape index (κ3) is 3.35. The summed E-state index contributed by atoms with van der Waals surface area (Å²) in [5, 5.41) is 3.37. The van der Waals surface area contributed by atoms with Crippen molar-refractivity contribution in [2.75, 3.05) is 5.32 Å². The fourth-order valence-electron chi connectivity index (χ4n) is 1.95. The topological polar surface area (TPSA) is 55.1 Å². The first kappa shape index (κ1) is 13.1. The Morgan fingerprint density at radius 3 is 2.47 bits per heavy atom. The molecule has 2 aromatic rings. The van der Waals surface area contributed by atoms with Gasteiger partial charge in [-0.1, -0.05) is 35.9 Å². The van der Waals surface area contributed by atoms with Gasteiger partial charge in [-0.15, -0.1) is 0 Å². The number of nitrogens with two attached hydrogens (primary N) is 1. The maximum absolute atomic E-state index is 11.1. The van der Waals surface area contributed by atoms with Crippen molar-refractivity contribution in [2.45, 2.75) is 19.9 Å². The van der Waals surface area contributed by atoms with Gasteiger partial charge in [0, 0.05) is 17.3 Å². The van der Waals surface area contributed by atoms with Crippen LogP contribution in [0.4, 0.5) is 5.69 Å². The fraction of sp³-hybridized carbons (Fsp3) is 0.188. The third-order valence-corrected chi connectivity index (χ3v) is 3.11. The minimum absolute atomic E-state index is 0.170. The summed E-state index contributed by atoms with van der Waals surface area (Å²) in [4.78, 5) is 11.1. The molecule has 0 aliphatic carbocycles. The lowest BCUT2D eigenvalue weighted by Crippen LogP contribution is -2.12. The van der Waals surface area contributed by atoms with Crippen LogP contribution in [-0.2, 0) is 0 Å². The summed E-state index contributed by atoms with van der Waals surface area (Å²) in [5.74, 6) is -0.411. The van der Waals surface area contributed by atoms with Gasteiger partial charge in [0.1, 0.15) is 0 Å². The standard InChI is InChI=1S/C16H18N2O/c1-11-6-8-13(9-7-11)12(2)18-15-5-3-4-14(10-15)16(17)19/h3-10,12,18H,1-2H3,(H2,17,19). The van der Waals surface area contributed by atoms with E-state index in [1.165, 1.54) is 11.1 Å². The summed E-state index contributed by atoms with van der Waals surface area (Å²) in [6.45, 7) is 4.15. The molecule has 0 aliphatic rings. The number of nitrogens with one attached hydrogen (secondary N) is 1. The quantitative estimate of drug-likeness (QED) is 0.879. The van der Waals surface area contributed by atoms with Crippen molar-refractivity contribution in [3.63, 3.8) is 0 Å². The Kier molecular flexibility index (Phi) is 3.85. The van der Waals surface area contributed by atoms with E-state index in [0.717, 1.165) is 5.69 Å². The normalized spacial score (nSPS) is 11.9. The van der Waals surface area contributed by atoms with Crippen LogP contribution in [0.3, 0.4) is 0 Å². The molecular formula is C16H18N2O. The molecule has 19 heavy (non-hydrogen) atoms. The minimum Gasteiger partial charge on any atom is -0.379 e. The summed E-state index contributed by atoms with van der Waals surface area (Å²) in [7, 11) is 0. The number of hydrogen-bond donors (Lipinski definition) is 2. The van der Waals surface area contributed by atoms with Crippen LogP contribution in [0.25, 0.3) is 0 Å². The largest absolute Gasteiger partial charge is 0.379 e. The maximum atomic E-state index is 11.1. The molecule has 0 aliphatic heterocycles. The predicted octanol–water partition coefficient (Wildman–Crippen LogP) is 3.27. The first-order valence-corrected chi connectivity index (χ1v) is 6.29. The van der Waals surface area contributed by atoms with Crippen molar-refractivity contribution < 1.29 is 4.79 Å². The molecule has 3 N–H and O–H groups in total. The Bertz CT molecular complexity index is 576. The molecule has 1 amide bonds. The Balaban J connectivity index is 2.14. The second-order valence-electron chi connectivity index (χ2n) is 4.72. The number of aryl methyl sites for hydroxylation is 1. The highest BCUT2D eigenvalue weighted by Crippen LogP contribution is 2.20. The Labute approximate surface area is 113 Å². The van der Waals surface area contributed by atoms with Gasteiger partial charge in [0.05, 0.1) is 0 Å². The van der Waals surface area contributed by atoms with Crippen LogP contribution >= 0.6 is 0 Å². The van der Waals surface area contributed by atoms with Crippen LogP contribution in [0.5, 0.6) is 0 Å². The number of rotatable bonds is 4. The molecule has 98 valence electrons. The highest BCUT2D eigenvalue weighted by atomic mass is 16.1. The van der Waals surface area contributed by atoms with E-state index < -0.39 is 5.91 Å². The molecule has 0 fully saturated rings. The van der Waals surface area contributed by atoms with E-state index in [-0.39, 0.29) is 6.04 Å². The van der Waals surface area contributed by atoms with Crippen LogP contribution < -0.4 is 11.1 Å².